The molecule has 0 spiro atoms. The Hall–Kier alpha value is -0.820. The van der Waals surface area contributed by atoms with Gasteiger partial charge in [-0.05, 0) is 18.6 Å². The molecule has 118 valence electrons. The van der Waals surface area contributed by atoms with E-state index in [9.17, 15) is 13.2 Å². The first kappa shape index (κ1) is 18.2. The van der Waals surface area contributed by atoms with Crippen LogP contribution < -0.4 is 5.14 Å². The van der Waals surface area contributed by atoms with Gasteiger partial charge in [-0.3, -0.25) is 4.79 Å². The maximum atomic E-state index is 12.3. The molecule has 0 fully saturated rings. The van der Waals surface area contributed by atoms with Gasteiger partial charge in [-0.1, -0.05) is 43.0 Å². The van der Waals surface area contributed by atoms with Gasteiger partial charge in [0.15, 0.2) is 0 Å². The van der Waals surface area contributed by atoms with Crippen molar-refractivity contribution in [2.75, 3.05) is 13.6 Å². The van der Waals surface area contributed by atoms with Crippen LogP contribution in [-0.4, -0.2) is 32.8 Å². The molecule has 1 amide bonds. The highest BCUT2D eigenvalue weighted by molar-refractivity contribution is 7.89. The minimum Gasteiger partial charge on any atom is -0.342 e. The van der Waals surface area contributed by atoms with Crippen LogP contribution in [0.5, 0.6) is 0 Å². The molecule has 21 heavy (non-hydrogen) atoms. The number of nitrogens with two attached hydrogens (primary N) is 1. The Kier molecular flexibility index (Phi) is 6.46. The topological polar surface area (TPSA) is 80.5 Å². The van der Waals surface area contributed by atoms with Gasteiger partial charge in [-0.2, -0.15) is 0 Å². The summed E-state index contributed by atoms with van der Waals surface area (Å²) in [5.74, 6) is -0.386. The Balaban J connectivity index is 3.11. The maximum absolute atomic E-state index is 12.3. The number of hydrogen-bond acceptors (Lipinski definition) is 3. The fraction of sp³-hybridized carbons (Fsp3) is 0.462. The highest BCUT2D eigenvalue weighted by atomic mass is 35.5. The molecule has 1 aromatic carbocycles. The number of primary sulfonamides is 1. The van der Waals surface area contributed by atoms with Crippen LogP contribution in [0.25, 0.3) is 0 Å². The van der Waals surface area contributed by atoms with E-state index in [0.717, 1.165) is 31.4 Å². The summed E-state index contributed by atoms with van der Waals surface area (Å²) in [5.41, 5.74) is 0.0344. The van der Waals surface area contributed by atoms with Crippen molar-refractivity contribution in [1.82, 2.24) is 4.90 Å². The van der Waals surface area contributed by atoms with Crippen LogP contribution >= 0.6 is 23.2 Å². The Morgan fingerprint density at radius 2 is 1.90 bits per heavy atom. The molecule has 0 aliphatic rings. The van der Waals surface area contributed by atoms with E-state index < -0.39 is 10.0 Å². The van der Waals surface area contributed by atoms with Gasteiger partial charge in [0.05, 0.1) is 20.5 Å². The SMILES string of the molecule is CCCCCN(C)C(=O)c1cc(S(N)(=O)=O)cc(Cl)c1Cl. The molecule has 2 N–H and O–H groups in total. The molecule has 0 unspecified atom stereocenters. The van der Waals surface area contributed by atoms with E-state index in [0.29, 0.717) is 6.54 Å². The monoisotopic (exact) mass is 352 g/mol. The predicted octanol–water partition coefficient (Wildman–Crippen LogP) is 2.90. The molecule has 0 atom stereocenters. The molecule has 1 rings (SSSR count). The second-order valence-corrected chi connectivity index (χ2v) is 7.09. The summed E-state index contributed by atoms with van der Waals surface area (Å²) in [6.45, 7) is 2.62. The van der Waals surface area contributed by atoms with Crippen molar-refractivity contribution in [2.24, 2.45) is 5.14 Å². The highest BCUT2D eigenvalue weighted by Crippen LogP contribution is 2.30. The lowest BCUT2D eigenvalue weighted by atomic mass is 10.2. The number of benzene rings is 1. The molecule has 0 heterocycles. The van der Waals surface area contributed by atoms with Crippen molar-refractivity contribution in [2.45, 2.75) is 31.1 Å². The van der Waals surface area contributed by atoms with Gasteiger partial charge in [0.2, 0.25) is 10.0 Å². The summed E-state index contributed by atoms with van der Waals surface area (Å²) < 4.78 is 22.8. The third-order valence-corrected chi connectivity index (χ3v) is 4.70. The van der Waals surface area contributed by atoms with Crippen molar-refractivity contribution < 1.29 is 13.2 Å². The van der Waals surface area contributed by atoms with E-state index in [-0.39, 0.29) is 26.4 Å². The minimum absolute atomic E-state index is 0.0199. The van der Waals surface area contributed by atoms with E-state index in [1.54, 1.807) is 7.05 Å². The lowest BCUT2D eigenvalue weighted by Crippen LogP contribution is -2.28. The molecule has 8 heteroatoms. The Morgan fingerprint density at radius 3 is 2.43 bits per heavy atom. The van der Waals surface area contributed by atoms with Gasteiger partial charge in [-0.15, -0.1) is 0 Å². The van der Waals surface area contributed by atoms with Crippen LogP contribution in [0.3, 0.4) is 0 Å². The maximum Gasteiger partial charge on any atom is 0.255 e. The zero-order valence-electron chi connectivity index (χ0n) is 11.9. The zero-order chi connectivity index (χ0) is 16.2. The molecule has 0 aliphatic carbocycles. The quantitative estimate of drug-likeness (QED) is 0.799. The standard InChI is InChI=1S/C13H18Cl2N2O3S/c1-3-4-5-6-17(2)13(18)10-7-9(21(16,19)20)8-11(14)12(10)15/h7-8H,3-6H2,1-2H3,(H2,16,19,20). The average Bonchev–Trinajstić information content (AvgIpc) is 2.39. The fourth-order valence-corrected chi connectivity index (χ4v) is 2.83. The van der Waals surface area contributed by atoms with Gasteiger partial charge < -0.3 is 4.90 Å². The second kappa shape index (κ2) is 7.45. The molecule has 0 aromatic heterocycles. The number of hydrogen-bond donors (Lipinski definition) is 1. The van der Waals surface area contributed by atoms with Crippen LogP contribution in [-0.2, 0) is 10.0 Å². The highest BCUT2D eigenvalue weighted by Gasteiger charge is 2.21. The minimum atomic E-state index is -3.96. The first-order valence-corrected chi connectivity index (χ1v) is 8.76. The molecule has 0 saturated heterocycles. The summed E-state index contributed by atoms with van der Waals surface area (Å²) in [7, 11) is -2.33. The van der Waals surface area contributed by atoms with E-state index in [1.165, 1.54) is 4.90 Å². The summed E-state index contributed by atoms with van der Waals surface area (Å²) in [5, 5.41) is 5.07. The number of carbonyl (C=O) groups is 1. The number of nitrogens with zero attached hydrogens (tertiary/aromatic N) is 1. The van der Waals surface area contributed by atoms with Gasteiger partial charge >= 0.3 is 0 Å². The summed E-state index contributed by atoms with van der Waals surface area (Å²) in [6.07, 6.45) is 2.90. The van der Waals surface area contributed by atoms with Crippen molar-refractivity contribution >= 4 is 39.1 Å². The normalized spacial score (nSPS) is 11.5. The number of carbonyl (C=O) groups excluding carboxylic acids is 1. The van der Waals surface area contributed by atoms with Crippen molar-refractivity contribution in [3.63, 3.8) is 0 Å². The third-order valence-electron chi connectivity index (χ3n) is 3.00. The summed E-state index contributed by atoms with van der Waals surface area (Å²) in [6, 6.07) is 2.29. The van der Waals surface area contributed by atoms with Crippen LogP contribution in [0.15, 0.2) is 17.0 Å². The summed E-state index contributed by atoms with van der Waals surface area (Å²) in [4.78, 5) is 13.6. The van der Waals surface area contributed by atoms with E-state index in [2.05, 4.69) is 6.92 Å². The first-order valence-electron chi connectivity index (χ1n) is 6.45. The first-order chi connectivity index (χ1) is 9.68. The summed E-state index contributed by atoms with van der Waals surface area (Å²) >= 11 is 11.9. The predicted molar refractivity (Wildman–Crippen MR) is 84.3 cm³/mol. The van der Waals surface area contributed by atoms with Crippen LogP contribution in [0.1, 0.15) is 36.5 Å². The number of rotatable bonds is 6. The number of amides is 1. The molecular weight excluding hydrogens is 335 g/mol. The molecular formula is C13H18Cl2N2O3S. The average molecular weight is 353 g/mol. The molecule has 5 nitrogen and oxygen atoms in total. The lowest BCUT2D eigenvalue weighted by molar-refractivity contribution is 0.0792. The van der Waals surface area contributed by atoms with Crippen LogP contribution in [0, 0.1) is 0 Å². The number of sulfonamides is 1. The molecule has 1 aromatic rings. The van der Waals surface area contributed by atoms with Crippen LogP contribution in [0.4, 0.5) is 0 Å². The molecule has 0 aliphatic heterocycles. The van der Waals surface area contributed by atoms with E-state index >= 15 is 0 Å². The van der Waals surface area contributed by atoms with Gasteiger partial charge in [-0.25, -0.2) is 13.6 Å². The zero-order valence-corrected chi connectivity index (χ0v) is 14.2. The number of halogens is 2. The number of unbranched alkanes of at least 4 members (excludes halogenated alkanes) is 2. The molecule has 0 bridgehead atoms. The van der Waals surface area contributed by atoms with Gasteiger partial charge in [0, 0.05) is 13.6 Å². The fourth-order valence-electron chi connectivity index (χ4n) is 1.79. The Labute approximate surface area is 135 Å². The lowest BCUT2D eigenvalue weighted by Gasteiger charge is -2.18. The van der Waals surface area contributed by atoms with E-state index in [4.69, 9.17) is 28.3 Å². The molecule has 0 saturated carbocycles. The largest absolute Gasteiger partial charge is 0.342 e. The van der Waals surface area contributed by atoms with Crippen molar-refractivity contribution in [3.05, 3.63) is 27.7 Å². The Bertz CT molecular complexity index is 633. The van der Waals surface area contributed by atoms with Crippen LogP contribution in [0.2, 0.25) is 10.0 Å². The van der Waals surface area contributed by atoms with E-state index in [1.807, 2.05) is 0 Å². The van der Waals surface area contributed by atoms with Gasteiger partial charge in [0.1, 0.15) is 0 Å². The third kappa shape index (κ3) is 4.85. The Morgan fingerprint density at radius 1 is 1.29 bits per heavy atom. The van der Waals surface area contributed by atoms with Crippen molar-refractivity contribution in [1.29, 1.82) is 0 Å². The van der Waals surface area contributed by atoms with Crippen molar-refractivity contribution in [3.8, 4) is 0 Å². The molecule has 0 radical (unpaired) electrons. The smallest absolute Gasteiger partial charge is 0.255 e. The second-order valence-electron chi connectivity index (χ2n) is 4.75. The van der Waals surface area contributed by atoms with Gasteiger partial charge in [0.25, 0.3) is 5.91 Å².